The lowest BCUT2D eigenvalue weighted by Gasteiger charge is -2.23. The van der Waals surface area contributed by atoms with E-state index in [-0.39, 0.29) is 5.82 Å². The molecule has 7 heteroatoms. The summed E-state index contributed by atoms with van der Waals surface area (Å²) in [7, 11) is 0. The van der Waals surface area contributed by atoms with Gasteiger partial charge in [0.25, 0.3) is 0 Å². The van der Waals surface area contributed by atoms with E-state index in [2.05, 4.69) is 15.4 Å². The van der Waals surface area contributed by atoms with Crippen LogP contribution in [0.5, 0.6) is 0 Å². The SMILES string of the molecule is CCc1cc(F)c2nc(N3CCC(N[C@H]4CCOC4)C3)c(-c3cc(C)no3)c(C)c2c1. The molecule has 5 rings (SSSR count). The first-order valence-electron chi connectivity index (χ1n) is 11.2. The third-order valence-electron chi connectivity index (χ3n) is 6.52. The van der Waals surface area contributed by atoms with Gasteiger partial charge < -0.3 is 19.5 Å². The Kier molecular flexibility index (Phi) is 5.40. The molecule has 164 valence electrons. The quantitative estimate of drug-likeness (QED) is 0.663. The number of nitrogens with zero attached hydrogens (tertiary/aromatic N) is 3. The summed E-state index contributed by atoms with van der Waals surface area (Å²) in [4.78, 5) is 7.11. The van der Waals surface area contributed by atoms with Crippen molar-refractivity contribution >= 4 is 16.7 Å². The lowest BCUT2D eigenvalue weighted by Crippen LogP contribution is -2.40. The summed E-state index contributed by atoms with van der Waals surface area (Å²) < 4.78 is 26.2. The highest BCUT2D eigenvalue weighted by Gasteiger charge is 2.30. The van der Waals surface area contributed by atoms with Crippen LogP contribution in [0.15, 0.2) is 22.7 Å². The van der Waals surface area contributed by atoms with Crippen LogP contribution >= 0.6 is 0 Å². The molecule has 2 aliphatic rings. The number of nitrogens with one attached hydrogen (secondary N) is 1. The second-order valence-corrected chi connectivity index (χ2v) is 8.75. The smallest absolute Gasteiger partial charge is 0.171 e. The first-order valence-corrected chi connectivity index (χ1v) is 11.2. The van der Waals surface area contributed by atoms with Gasteiger partial charge in [0.1, 0.15) is 17.2 Å². The number of rotatable bonds is 5. The van der Waals surface area contributed by atoms with E-state index in [4.69, 9.17) is 14.2 Å². The molecule has 0 aliphatic carbocycles. The lowest BCUT2D eigenvalue weighted by atomic mass is 9.98. The van der Waals surface area contributed by atoms with Crippen molar-refractivity contribution in [3.63, 3.8) is 0 Å². The molecule has 0 radical (unpaired) electrons. The maximum atomic E-state index is 15.0. The van der Waals surface area contributed by atoms with Crippen LogP contribution in [0, 0.1) is 19.7 Å². The van der Waals surface area contributed by atoms with Gasteiger partial charge in [-0.05, 0) is 56.4 Å². The zero-order valence-electron chi connectivity index (χ0n) is 18.4. The highest BCUT2D eigenvalue weighted by Crippen LogP contribution is 2.39. The topological polar surface area (TPSA) is 63.4 Å². The van der Waals surface area contributed by atoms with E-state index in [1.807, 2.05) is 32.9 Å². The Bertz CT molecular complexity index is 1110. The van der Waals surface area contributed by atoms with Gasteiger partial charge in [0.05, 0.1) is 17.9 Å². The van der Waals surface area contributed by atoms with Gasteiger partial charge in [-0.15, -0.1) is 0 Å². The van der Waals surface area contributed by atoms with Crippen molar-refractivity contribution in [2.24, 2.45) is 0 Å². The molecular formula is C24H29FN4O2. The third-order valence-corrected chi connectivity index (χ3v) is 6.52. The van der Waals surface area contributed by atoms with Gasteiger partial charge in [0.15, 0.2) is 5.76 Å². The number of ether oxygens (including phenoxy) is 1. The van der Waals surface area contributed by atoms with Gasteiger partial charge in [-0.25, -0.2) is 9.37 Å². The Balaban J connectivity index is 1.58. The summed E-state index contributed by atoms with van der Waals surface area (Å²) in [5, 5.41) is 8.64. The van der Waals surface area contributed by atoms with Gasteiger partial charge in [-0.3, -0.25) is 0 Å². The number of pyridine rings is 1. The van der Waals surface area contributed by atoms with Crippen molar-refractivity contribution in [2.45, 2.75) is 52.1 Å². The molecular weight excluding hydrogens is 395 g/mol. The van der Waals surface area contributed by atoms with Crippen LogP contribution in [0.2, 0.25) is 0 Å². The number of hydrogen-bond donors (Lipinski definition) is 1. The van der Waals surface area contributed by atoms with Gasteiger partial charge in [-0.1, -0.05) is 12.1 Å². The standard InChI is InChI=1S/C24H29FN4O2/c1-4-16-10-19-15(3)22(21-9-14(2)28-31-21)24(27-23(19)20(25)11-16)29-7-5-17(12-29)26-18-6-8-30-13-18/h9-11,17-18,26H,4-8,12-13H2,1-3H3/t17?,18-/m0/s1. The molecule has 0 saturated carbocycles. The van der Waals surface area contributed by atoms with E-state index < -0.39 is 0 Å². The summed E-state index contributed by atoms with van der Waals surface area (Å²) >= 11 is 0. The minimum absolute atomic E-state index is 0.268. The van der Waals surface area contributed by atoms with Gasteiger partial charge >= 0.3 is 0 Å². The van der Waals surface area contributed by atoms with Crippen molar-refractivity contribution in [3.8, 4) is 11.3 Å². The molecule has 31 heavy (non-hydrogen) atoms. The normalized spacial score (nSPS) is 21.5. The van der Waals surface area contributed by atoms with E-state index in [0.29, 0.717) is 23.4 Å². The molecule has 1 unspecified atom stereocenters. The van der Waals surface area contributed by atoms with Crippen LogP contribution in [0.3, 0.4) is 0 Å². The molecule has 1 aromatic carbocycles. The molecule has 1 N–H and O–H groups in total. The number of benzene rings is 1. The van der Waals surface area contributed by atoms with E-state index >= 15 is 4.39 Å². The van der Waals surface area contributed by atoms with Gasteiger partial charge in [-0.2, -0.15) is 0 Å². The van der Waals surface area contributed by atoms with Crippen LogP contribution in [-0.2, 0) is 11.2 Å². The first kappa shape index (κ1) is 20.4. The number of hydrogen-bond acceptors (Lipinski definition) is 6. The molecule has 6 nitrogen and oxygen atoms in total. The molecule has 0 spiro atoms. The molecule has 2 fully saturated rings. The van der Waals surface area contributed by atoms with Crippen LogP contribution in [0.25, 0.3) is 22.2 Å². The molecule has 2 aromatic heterocycles. The number of aryl methyl sites for hydroxylation is 3. The van der Waals surface area contributed by atoms with Crippen molar-refractivity contribution in [1.82, 2.24) is 15.5 Å². The predicted octanol–water partition coefficient (Wildman–Crippen LogP) is 4.17. The van der Waals surface area contributed by atoms with Gasteiger partial charge in [0, 0.05) is 43.2 Å². The summed E-state index contributed by atoms with van der Waals surface area (Å²) in [5.41, 5.74) is 4.09. The minimum Gasteiger partial charge on any atom is -0.380 e. The van der Waals surface area contributed by atoms with E-state index in [1.54, 1.807) is 6.07 Å². The van der Waals surface area contributed by atoms with Crippen molar-refractivity contribution in [1.29, 1.82) is 0 Å². The van der Waals surface area contributed by atoms with Crippen LogP contribution < -0.4 is 10.2 Å². The van der Waals surface area contributed by atoms with Crippen molar-refractivity contribution in [2.75, 3.05) is 31.2 Å². The Morgan fingerprint density at radius 1 is 1.19 bits per heavy atom. The molecule has 0 bridgehead atoms. The second kappa shape index (κ2) is 8.20. The van der Waals surface area contributed by atoms with Crippen LogP contribution in [0.1, 0.15) is 36.6 Å². The average Bonchev–Trinajstić information content (AvgIpc) is 3.51. The Hall–Kier alpha value is -2.51. The highest BCUT2D eigenvalue weighted by atomic mass is 19.1. The largest absolute Gasteiger partial charge is 0.380 e. The predicted molar refractivity (Wildman–Crippen MR) is 119 cm³/mol. The summed E-state index contributed by atoms with van der Waals surface area (Å²) in [6.45, 7) is 9.25. The van der Waals surface area contributed by atoms with E-state index in [9.17, 15) is 0 Å². The fourth-order valence-electron chi connectivity index (χ4n) is 4.82. The fourth-order valence-corrected chi connectivity index (χ4v) is 4.82. The molecule has 2 atom stereocenters. The number of anilines is 1. The molecule has 4 heterocycles. The number of fused-ring (bicyclic) bond motifs is 1. The fraction of sp³-hybridized carbons (Fsp3) is 0.500. The van der Waals surface area contributed by atoms with E-state index in [0.717, 1.165) is 79.2 Å². The Labute approximate surface area is 181 Å². The highest BCUT2D eigenvalue weighted by molar-refractivity contribution is 5.93. The average molecular weight is 425 g/mol. The Morgan fingerprint density at radius 3 is 2.77 bits per heavy atom. The van der Waals surface area contributed by atoms with Crippen molar-refractivity contribution < 1.29 is 13.7 Å². The summed E-state index contributed by atoms with van der Waals surface area (Å²) in [5.74, 6) is 1.19. The maximum Gasteiger partial charge on any atom is 0.171 e. The Morgan fingerprint density at radius 2 is 2.06 bits per heavy atom. The first-order chi connectivity index (χ1) is 15.0. The third kappa shape index (κ3) is 3.81. The second-order valence-electron chi connectivity index (χ2n) is 8.75. The van der Waals surface area contributed by atoms with E-state index in [1.165, 1.54) is 0 Å². The molecule has 3 aromatic rings. The molecule has 0 amide bonds. The zero-order chi connectivity index (χ0) is 21.5. The lowest BCUT2D eigenvalue weighted by molar-refractivity contribution is 0.188. The minimum atomic E-state index is -0.268. The summed E-state index contributed by atoms with van der Waals surface area (Å²) in [6.07, 6.45) is 2.84. The number of aromatic nitrogens is 2. The molecule has 2 saturated heterocycles. The monoisotopic (exact) mass is 424 g/mol. The van der Waals surface area contributed by atoms with Crippen molar-refractivity contribution in [3.05, 3.63) is 40.8 Å². The van der Waals surface area contributed by atoms with Gasteiger partial charge in [0.2, 0.25) is 0 Å². The molecule has 2 aliphatic heterocycles. The number of halogens is 1. The van der Waals surface area contributed by atoms with Crippen LogP contribution in [0.4, 0.5) is 10.2 Å². The maximum absolute atomic E-state index is 15.0. The zero-order valence-corrected chi connectivity index (χ0v) is 18.4. The van der Waals surface area contributed by atoms with Crippen LogP contribution in [-0.4, -0.2) is 48.5 Å². The summed E-state index contributed by atoms with van der Waals surface area (Å²) in [6, 6.07) is 6.36.